The highest BCUT2D eigenvalue weighted by molar-refractivity contribution is 5.96. The van der Waals surface area contributed by atoms with Gasteiger partial charge in [0.1, 0.15) is 13.2 Å². The van der Waals surface area contributed by atoms with E-state index >= 15 is 0 Å². The van der Waals surface area contributed by atoms with Crippen LogP contribution in [0.3, 0.4) is 0 Å². The molecule has 0 unspecified atom stereocenters. The zero-order valence-corrected chi connectivity index (χ0v) is 14.0. The van der Waals surface area contributed by atoms with Crippen LogP contribution in [0, 0.1) is 0 Å². The van der Waals surface area contributed by atoms with Crippen molar-refractivity contribution < 1.29 is 24.4 Å². The van der Waals surface area contributed by atoms with Gasteiger partial charge in [-0.3, -0.25) is 10.1 Å². The maximum atomic E-state index is 12.2. The van der Waals surface area contributed by atoms with E-state index in [0.29, 0.717) is 24.7 Å². The Hall–Kier alpha value is -3.06. The van der Waals surface area contributed by atoms with Gasteiger partial charge in [-0.25, -0.2) is 4.79 Å². The van der Waals surface area contributed by atoms with Gasteiger partial charge < -0.3 is 20.5 Å². The van der Waals surface area contributed by atoms with Crippen LogP contribution in [0.4, 0.5) is 4.79 Å². The van der Waals surface area contributed by atoms with Gasteiger partial charge >= 0.3 is 6.03 Å². The van der Waals surface area contributed by atoms with Crippen molar-refractivity contribution in [3.63, 3.8) is 0 Å². The van der Waals surface area contributed by atoms with E-state index in [1.54, 1.807) is 12.4 Å². The lowest BCUT2D eigenvalue weighted by Crippen LogP contribution is -2.88. The number of nitrogens with one attached hydrogen (secondary N) is 1. The molecule has 0 radical (unpaired) electrons. The van der Waals surface area contributed by atoms with E-state index in [1.165, 1.54) is 0 Å². The van der Waals surface area contributed by atoms with Crippen LogP contribution < -0.4 is 25.8 Å². The normalized spacial score (nSPS) is 11.4. The smallest absolute Gasteiger partial charge is 0.319 e. The molecular weight excluding hydrogens is 322 g/mol. The molecule has 7 heteroatoms. The Morgan fingerprint density at radius 3 is 2.36 bits per heavy atom. The van der Waals surface area contributed by atoms with E-state index in [2.05, 4.69) is 5.32 Å². The molecular formula is C18H22N3O4+. The van der Waals surface area contributed by atoms with Crippen molar-refractivity contribution >= 4 is 11.9 Å². The number of primary amides is 1. The van der Waals surface area contributed by atoms with Crippen molar-refractivity contribution in [3.8, 4) is 11.5 Å². The van der Waals surface area contributed by atoms with Gasteiger partial charge in [-0.05, 0) is 12.1 Å². The molecule has 0 bridgehead atoms. The van der Waals surface area contributed by atoms with Gasteiger partial charge in [-0.15, -0.1) is 0 Å². The predicted octanol–water partition coefficient (Wildman–Crippen LogP) is 0.574. The largest absolute Gasteiger partial charge is 0.493 e. The second-order valence-electron chi connectivity index (χ2n) is 5.27. The molecule has 0 heterocycles. The van der Waals surface area contributed by atoms with Gasteiger partial charge in [0.05, 0.1) is 7.11 Å². The van der Waals surface area contributed by atoms with Gasteiger partial charge in [0.2, 0.25) is 0 Å². The van der Waals surface area contributed by atoms with E-state index in [0.717, 1.165) is 5.56 Å². The molecule has 0 fully saturated rings. The molecule has 0 aliphatic rings. The molecule has 3 amide bonds. The number of ether oxygens (including phenoxy) is 2. The molecule has 5 N–H and O–H groups in total. The zero-order chi connectivity index (χ0) is 18.1. The number of rotatable bonds is 8. The number of amides is 3. The van der Waals surface area contributed by atoms with Crippen molar-refractivity contribution in [1.82, 2.24) is 5.32 Å². The lowest BCUT2D eigenvalue weighted by molar-refractivity contribution is -0.683. The summed E-state index contributed by atoms with van der Waals surface area (Å²) in [5.41, 5.74) is 5.83. The number of carbonyl (C=O) groups is 2. The van der Waals surface area contributed by atoms with Crippen molar-refractivity contribution in [2.45, 2.75) is 6.04 Å². The van der Waals surface area contributed by atoms with Crippen LogP contribution in [-0.4, -0.2) is 32.2 Å². The number of urea groups is 1. The van der Waals surface area contributed by atoms with Gasteiger partial charge in [0.25, 0.3) is 5.91 Å². The summed E-state index contributed by atoms with van der Waals surface area (Å²) in [4.78, 5) is 23.2. The van der Waals surface area contributed by atoms with Crippen LogP contribution in [-0.2, 0) is 4.79 Å². The average molecular weight is 344 g/mol. The second-order valence-corrected chi connectivity index (χ2v) is 5.27. The first-order valence-electron chi connectivity index (χ1n) is 7.86. The third-order valence-corrected chi connectivity index (χ3v) is 3.53. The molecule has 0 saturated heterocycles. The maximum absolute atomic E-state index is 12.2. The van der Waals surface area contributed by atoms with Crippen LogP contribution in [0.5, 0.6) is 11.5 Å². The summed E-state index contributed by atoms with van der Waals surface area (Å²) >= 11 is 0. The highest BCUT2D eigenvalue weighted by Gasteiger charge is 2.24. The fourth-order valence-electron chi connectivity index (χ4n) is 2.40. The Morgan fingerprint density at radius 2 is 1.72 bits per heavy atom. The Bertz CT molecular complexity index is 706. The number of imide groups is 1. The first-order valence-corrected chi connectivity index (χ1v) is 7.86. The first kappa shape index (κ1) is 18.3. The van der Waals surface area contributed by atoms with Gasteiger partial charge in [-0.2, -0.15) is 0 Å². The van der Waals surface area contributed by atoms with Crippen LogP contribution >= 0.6 is 0 Å². The number of methoxy groups -OCH3 is 1. The van der Waals surface area contributed by atoms with Crippen LogP contribution in [0.1, 0.15) is 11.6 Å². The summed E-state index contributed by atoms with van der Waals surface area (Å²) in [6.45, 7) is 0.872. The van der Waals surface area contributed by atoms with Crippen molar-refractivity contribution in [2.24, 2.45) is 5.73 Å². The summed E-state index contributed by atoms with van der Waals surface area (Å²) in [5.74, 6) is 0.820. The van der Waals surface area contributed by atoms with Gasteiger partial charge in [-0.1, -0.05) is 42.5 Å². The summed E-state index contributed by atoms with van der Waals surface area (Å²) < 4.78 is 10.9. The molecule has 2 aromatic carbocycles. The zero-order valence-electron chi connectivity index (χ0n) is 14.0. The van der Waals surface area contributed by atoms with E-state index in [9.17, 15) is 9.59 Å². The predicted molar refractivity (Wildman–Crippen MR) is 92.2 cm³/mol. The number of benzene rings is 2. The number of para-hydroxylation sites is 2. The van der Waals surface area contributed by atoms with Crippen LogP contribution in [0.15, 0.2) is 54.6 Å². The quantitative estimate of drug-likeness (QED) is 0.609. The lowest BCUT2D eigenvalue weighted by Gasteiger charge is -2.15. The molecule has 0 aromatic heterocycles. The third kappa shape index (κ3) is 5.50. The monoisotopic (exact) mass is 344 g/mol. The third-order valence-electron chi connectivity index (χ3n) is 3.53. The summed E-state index contributed by atoms with van der Waals surface area (Å²) in [6, 6.07) is 15.0. The minimum absolute atomic E-state index is 0.369. The number of nitrogens with two attached hydrogens (primary N) is 2. The fraction of sp³-hybridized carbons (Fsp3) is 0.222. The van der Waals surface area contributed by atoms with Crippen molar-refractivity contribution in [3.05, 3.63) is 60.2 Å². The molecule has 0 saturated carbocycles. The fourth-order valence-corrected chi connectivity index (χ4v) is 2.40. The van der Waals surface area contributed by atoms with E-state index in [1.807, 2.05) is 54.6 Å². The lowest BCUT2D eigenvalue weighted by atomic mass is 10.1. The maximum Gasteiger partial charge on any atom is 0.319 e. The highest BCUT2D eigenvalue weighted by Crippen LogP contribution is 2.25. The summed E-state index contributed by atoms with van der Waals surface area (Å²) in [5, 5.41) is 3.92. The summed E-state index contributed by atoms with van der Waals surface area (Å²) in [6.07, 6.45) is 0. The van der Waals surface area contributed by atoms with Crippen molar-refractivity contribution in [1.29, 1.82) is 0 Å². The number of quaternary nitrogens is 1. The van der Waals surface area contributed by atoms with E-state index in [-0.39, 0.29) is 0 Å². The number of hydrogen-bond acceptors (Lipinski definition) is 4. The van der Waals surface area contributed by atoms with E-state index < -0.39 is 18.0 Å². The topological polar surface area (TPSA) is 107 Å². The number of hydrogen-bond donors (Lipinski definition) is 3. The first-order chi connectivity index (χ1) is 12.1. The average Bonchev–Trinajstić information content (AvgIpc) is 2.62. The second kappa shape index (κ2) is 9.29. The molecule has 2 rings (SSSR count). The minimum atomic E-state index is -0.871. The van der Waals surface area contributed by atoms with Crippen LogP contribution in [0.2, 0.25) is 0 Å². The molecule has 2 aromatic rings. The molecule has 132 valence electrons. The van der Waals surface area contributed by atoms with Crippen molar-refractivity contribution in [2.75, 3.05) is 20.3 Å². The highest BCUT2D eigenvalue weighted by atomic mass is 16.5. The SMILES string of the molecule is COc1ccccc1OCC[NH2+][C@H](C(=O)NC(N)=O)c1ccccc1. The standard InChI is InChI=1S/C18H21N3O4/c1-24-14-9-5-6-10-15(14)25-12-11-20-16(17(22)21-18(19)23)13-7-3-2-4-8-13/h2-10,16,20H,11-12H2,1H3,(H3,19,21,22,23)/p+1/t16-/m0/s1. The molecule has 0 aliphatic heterocycles. The van der Waals surface area contributed by atoms with E-state index in [4.69, 9.17) is 15.2 Å². The molecule has 7 nitrogen and oxygen atoms in total. The molecule has 1 atom stereocenters. The molecule has 0 spiro atoms. The van der Waals surface area contributed by atoms with Gasteiger partial charge in [0, 0.05) is 5.56 Å². The molecule has 0 aliphatic carbocycles. The summed E-state index contributed by atoms with van der Waals surface area (Å²) in [7, 11) is 1.58. The number of carbonyl (C=O) groups excluding carboxylic acids is 2. The Kier molecular flexibility index (Phi) is 6.79. The van der Waals surface area contributed by atoms with Crippen LogP contribution in [0.25, 0.3) is 0 Å². The molecule has 25 heavy (non-hydrogen) atoms. The van der Waals surface area contributed by atoms with Gasteiger partial charge in [0.15, 0.2) is 17.5 Å². The Balaban J connectivity index is 1.95. The Morgan fingerprint density at radius 1 is 1.08 bits per heavy atom. The Labute approximate surface area is 146 Å². The minimum Gasteiger partial charge on any atom is -0.493 e.